The first-order valence-corrected chi connectivity index (χ1v) is 4.06. The molecule has 1 aliphatic carbocycles. The molecule has 0 aromatic rings. The largest absolute Gasteiger partial charge is 0.327 e. The quantitative estimate of drug-likeness (QED) is 0.494. The molecule has 1 fully saturated rings. The smallest absolute Gasteiger partial charge is 0.00645 e. The van der Waals surface area contributed by atoms with Crippen LogP contribution in [0.3, 0.4) is 0 Å². The van der Waals surface area contributed by atoms with E-state index in [-0.39, 0.29) is 0 Å². The Bertz CT molecular complexity index is 70.6. The van der Waals surface area contributed by atoms with Gasteiger partial charge in [-0.2, -0.15) is 0 Å². The molecule has 0 amide bonds. The number of hydrogen-bond acceptors (Lipinski definition) is 1. The van der Waals surface area contributed by atoms with Gasteiger partial charge in [-0.15, -0.1) is 0 Å². The van der Waals surface area contributed by atoms with E-state index in [1.807, 2.05) is 0 Å². The molecule has 0 aromatic heterocycles. The third-order valence-corrected chi connectivity index (χ3v) is 2.43. The first-order chi connectivity index (χ1) is 4.30. The van der Waals surface area contributed by atoms with Crippen molar-refractivity contribution in [2.75, 3.05) is 0 Å². The summed E-state index contributed by atoms with van der Waals surface area (Å²) in [6, 6.07) is 0.493. The minimum Gasteiger partial charge on any atom is -0.327 e. The van der Waals surface area contributed by atoms with Gasteiger partial charge in [-0.3, -0.25) is 0 Å². The predicted molar refractivity (Wildman–Crippen MR) is 40.2 cm³/mol. The van der Waals surface area contributed by atoms with Crippen LogP contribution < -0.4 is 5.73 Å². The minimum atomic E-state index is 0.493. The fourth-order valence-corrected chi connectivity index (χ4v) is 1.52. The molecule has 0 heterocycles. The maximum atomic E-state index is 5.88. The van der Waals surface area contributed by atoms with Gasteiger partial charge < -0.3 is 5.73 Å². The van der Waals surface area contributed by atoms with Crippen molar-refractivity contribution < 1.29 is 0 Å². The lowest BCUT2D eigenvalue weighted by atomic mass is 9.98. The van der Waals surface area contributed by atoms with E-state index < -0.39 is 0 Å². The second-order valence-electron chi connectivity index (χ2n) is 3.28. The molecule has 0 radical (unpaired) electrons. The van der Waals surface area contributed by atoms with E-state index in [0.29, 0.717) is 6.04 Å². The van der Waals surface area contributed by atoms with E-state index in [0.717, 1.165) is 5.92 Å². The molecule has 0 bridgehead atoms. The monoisotopic (exact) mass is 127 g/mol. The SMILES string of the molecule is C[C@@H]1CCCCC[C@H]1N. The van der Waals surface area contributed by atoms with Gasteiger partial charge >= 0.3 is 0 Å². The summed E-state index contributed by atoms with van der Waals surface area (Å²) in [6.45, 7) is 2.27. The summed E-state index contributed by atoms with van der Waals surface area (Å²) in [6.07, 6.45) is 6.75. The van der Waals surface area contributed by atoms with Crippen LogP contribution in [0, 0.1) is 5.92 Å². The molecule has 1 heteroatoms. The average molecular weight is 127 g/mol. The lowest BCUT2D eigenvalue weighted by molar-refractivity contribution is 0.432. The molecule has 54 valence electrons. The summed E-state index contributed by atoms with van der Waals surface area (Å²) >= 11 is 0. The summed E-state index contributed by atoms with van der Waals surface area (Å²) in [7, 11) is 0. The Morgan fingerprint density at radius 2 is 1.78 bits per heavy atom. The summed E-state index contributed by atoms with van der Waals surface area (Å²) in [5.41, 5.74) is 5.88. The second kappa shape index (κ2) is 3.21. The Morgan fingerprint density at radius 1 is 1.11 bits per heavy atom. The predicted octanol–water partition coefficient (Wildman–Crippen LogP) is 1.91. The fourth-order valence-electron chi connectivity index (χ4n) is 1.52. The van der Waals surface area contributed by atoms with Crippen LogP contribution in [0.4, 0.5) is 0 Å². The van der Waals surface area contributed by atoms with Crippen molar-refractivity contribution in [1.82, 2.24) is 0 Å². The highest BCUT2D eigenvalue weighted by Gasteiger charge is 2.14. The van der Waals surface area contributed by atoms with Crippen molar-refractivity contribution in [3.8, 4) is 0 Å². The van der Waals surface area contributed by atoms with Crippen LogP contribution in [0.5, 0.6) is 0 Å². The zero-order valence-electron chi connectivity index (χ0n) is 6.27. The van der Waals surface area contributed by atoms with E-state index in [9.17, 15) is 0 Å². The van der Waals surface area contributed by atoms with Crippen molar-refractivity contribution in [1.29, 1.82) is 0 Å². The third-order valence-electron chi connectivity index (χ3n) is 2.43. The average Bonchev–Trinajstić information content (AvgIpc) is 1.99. The van der Waals surface area contributed by atoms with Gasteiger partial charge in [-0.05, 0) is 18.8 Å². The van der Waals surface area contributed by atoms with Crippen LogP contribution in [0.2, 0.25) is 0 Å². The normalized spacial score (nSPS) is 38.0. The summed E-state index contributed by atoms with van der Waals surface area (Å²) in [5, 5.41) is 0. The molecule has 0 spiro atoms. The molecule has 1 nitrogen and oxygen atoms in total. The maximum absolute atomic E-state index is 5.88. The Kier molecular flexibility index (Phi) is 2.52. The van der Waals surface area contributed by atoms with E-state index in [2.05, 4.69) is 6.92 Å². The van der Waals surface area contributed by atoms with E-state index in [4.69, 9.17) is 5.73 Å². The molecule has 1 aliphatic rings. The highest BCUT2D eigenvalue weighted by molar-refractivity contribution is 4.72. The molecule has 1 rings (SSSR count). The van der Waals surface area contributed by atoms with Crippen molar-refractivity contribution in [2.24, 2.45) is 11.7 Å². The van der Waals surface area contributed by atoms with Gasteiger partial charge in [-0.25, -0.2) is 0 Å². The number of rotatable bonds is 0. The molecule has 0 unspecified atom stereocenters. The third kappa shape index (κ3) is 1.98. The summed E-state index contributed by atoms with van der Waals surface area (Å²) in [5.74, 6) is 0.771. The zero-order valence-corrected chi connectivity index (χ0v) is 6.27. The Labute approximate surface area is 57.6 Å². The van der Waals surface area contributed by atoms with Gasteiger partial charge in [0.15, 0.2) is 0 Å². The van der Waals surface area contributed by atoms with Crippen LogP contribution in [0.1, 0.15) is 39.0 Å². The second-order valence-corrected chi connectivity index (χ2v) is 3.28. The highest BCUT2D eigenvalue weighted by atomic mass is 14.6. The van der Waals surface area contributed by atoms with Gasteiger partial charge in [0.1, 0.15) is 0 Å². The van der Waals surface area contributed by atoms with Gasteiger partial charge in [0, 0.05) is 6.04 Å². The van der Waals surface area contributed by atoms with E-state index >= 15 is 0 Å². The first kappa shape index (κ1) is 7.07. The van der Waals surface area contributed by atoms with Crippen molar-refractivity contribution >= 4 is 0 Å². The van der Waals surface area contributed by atoms with E-state index in [1.165, 1.54) is 32.1 Å². The molecule has 9 heavy (non-hydrogen) atoms. The molecule has 2 N–H and O–H groups in total. The first-order valence-electron chi connectivity index (χ1n) is 4.06. The Morgan fingerprint density at radius 3 is 2.56 bits per heavy atom. The topological polar surface area (TPSA) is 26.0 Å². The molecule has 0 aliphatic heterocycles. The molecule has 2 atom stereocenters. The van der Waals surface area contributed by atoms with Crippen LogP contribution in [-0.2, 0) is 0 Å². The molecule has 1 saturated carbocycles. The molecule has 0 aromatic carbocycles. The highest BCUT2D eigenvalue weighted by Crippen LogP contribution is 2.20. The summed E-state index contributed by atoms with van der Waals surface area (Å²) in [4.78, 5) is 0. The van der Waals surface area contributed by atoms with Crippen LogP contribution in [-0.4, -0.2) is 6.04 Å². The fraction of sp³-hybridized carbons (Fsp3) is 1.00. The van der Waals surface area contributed by atoms with Crippen molar-refractivity contribution in [3.05, 3.63) is 0 Å². The van der Waals surface area contributed by atoms with Crippen LogP contribution in [0.15, 0.2) is 0 Å². The molecular formula is C8H17N. The van der Waals surface area contributed by atoms with Crippen molar-refractivity contribution in [3.63, 3.8) is 0 Å². The van der Waals surface area contributed by atoms with E-state index in [1.54, 1.807) is 0 Å². The van der Waals surface area contributed by atoms with Gasteiger partial charge in [0.25, 0.3) is 0 Å². The zero-order chi connectivity index (χ0) is 6.69. The number of nitrogens with two attached hydrogens (primary N) is 1. The van der Waals surface area contributed by atoms with Crippen LogP contribution >= 0.6 is 0 Å². The minimum absolute atomic E-state index is 0.493. The van der Waals surface area contributed by atoms with Crippen LogP contribution in [0.25, 0.3) is 0 Å². The van der Waals surface area contributed by atoms with Gasteiger partial charge in [0.2, 0.25) is 0 Å². The maximum Gasteiger partial charge on any atom is 0.00645 e. The molecule has 0 saturated heterocycles. The Balaban J connectivity index is 2.32. The standard InChI is InChI=1S/C8H17N/c1-7-5-3-2-4-6-8(7)9/h7-8H,2-6,9H2,1H3/t7-,8-/m1/s1. The summed E-state index contributed by atoms with van der Waals surface area (Å²) < 4.78 is 0. The van der Waals surface area contributed by atoms with Gasteiger partial charge in [0.05, 0.1) is 0 Å². The van der Waals surface area contributed by atoms with Gasteiger partial charge in [-0.1, -0.05) is 26.2 Å². The lowest BCUT2D eigenvalue weighted by Crippen LogP contribution is -2.26. The lowest BCUT2D eigenvalue weighted by Gasteiger charge is -2.14. The Hall–Kier alpha value is -0.0400. The number of hydrogen-bond donors (Lipinski definition) is 1. The van der Waals surface area contributed by atoms with Crippen molar-refractivity contribution in [2.45, 2.75) is 45.1 Å². The molecular weight excluding hydrogens is 110 g/mol.